The third-order valence-electron chi connectivity index (χ3n) is 3.54. The number of aromatic hydroxyl groups is 1. The average Bonchev–Trinajstić information content (AvgIpc) is 2.82. The summed E-state index contributed by atoms with van der Waals surface area (Å²) in [6.45, 7) is 3.96. The van der Waals surface area contributed by atoms with Gasteiger partial charge in [0.2, 0.25) is 11.0 Å². The van der Waals surface area contributed by atoms with Crippen LogP contribution >= 0.6 is 12.2 Å². The summed E-state index contributed by atoms with van der Waals surface area (Å²) in [7, 11) is 0. The standard InChI is InChI=1S/C17H16N4OS/c1-10-7-8-14-12(9-10)15(16(22)18-14)20-21-17(23)19-13-6-4-3-5-11(13)2/h3-9,18,22H,1-2H3,(H,19,23). The molecule has 0 saturated heterocycles. The number of benzene rings is 2. The molecule has 3 aromatic rings. The van der Waals surface area contributed by atoms with Crippen LogP contribution in [0, 0.1) is 13.8 Å². The lowest BCUT2D eigenvalue weighted by molar-refractivity contribution is 0.459. The van der Waals surface area contributed by atoms with Crippen molar-refractivity contribution in [3.05, 3.63) is 53.6 Å². The van der Waals surface area contributed by atoms with Gasteiger partial charge in [0.15, 0.2) is 5.69 Å². The Labute approximate surface area is 139 Å². The molecule has 0 aliphatic heterocycles. The van der Waals surface area contributed by atoms with Crippen LogP contribution in [-0.2, 0) is 0 Å². The molecular formula is C17H16N4OS. The number of aryl methyl sites for hydroxylation is 2. The van der Waals surface area contributed by atoms with E-state index < -0.39 is 0 Å². The van der Waals surface area contributed by atoms with Crippen LogP contribution in [0.2, 0.25) is 0 Å². The molecule has 0 spiro atoms. The van der Waals surface area contributed by atoms with Gasteiger partial charge in [0, 0.05) is 11.1 Å². The van der Waals surface area contributed by atoms with E-state index in [0.29, 0.717) is 5.69 Å². The van der Waals surface area contributed by atoms with Crippen molar-refractivity contribution in [1.29, 1.82) is 0 Å². The van der Waals surface area contributed by atoms with Gasteiger partial charge < -0.3 is 15.4 Å². The highest BCUT2D eigenvalue weighted by Crippen LogP contribution is 2.35. The maximum absolute atomic E-state index is 10.00. The van der Waals surface area contributed by atoms with Gasteiger partial charge in [-0.05, 0) is 49.8 Å². The first kappa shape index (κ1) is 15.2. The van der Waals surface area contributed by atoms with Crippen LogP contribution in [0.3, 0.4) is 0 Å². The van der Waals surface area contributed by atoms with Crippen LogP contribution < -0.4 is 5.32 Å². The summed E-state index contributed by atoms with van der Waals surface area (Å²) in [6, 6.07) is 13.6. The maximum atomic E-state index is 10.00. The Kier molecular flexibility index (Phi) is 4.08. The molecule has 0 fully saturated rings. The summed E-state index contributed by atoms with van der Waals surface area (Å²) in [6.07, 6.45) is 0. The Morgan fingerprint density at radius 3 is 2.74 bits per heavy atom. The lowest BCUT2D eigenvalue weighted by Gasteiger charge is -2.05. The largest absolute Gasteiger partial charge is 0.493 e. The molecular weight excluding hydrogens is 308 g/mol. The Hall–Kier alpha value is -2.73. The summed E-state index contributed by atoms with van der Waals surface area (Å²) in [5, 5.41) is 22.2. The maximum Gasteiger partial charge on any atom is 0.218 e. The molecule has 0 saturated carbocycles. The Balaban J connectivity index is 1.85. The van der Waals surface area contributed by atoms with E-state index in [4.69, 9.17) is 12.2 Å². The fourth-order valence-electron chi connectivity index (χ4n) is 2.33. The normalized spacial score (nSPS) is 11.2. The monoisotopic (exact) mass is 324 g/mol. The van der Waals surface area contributed by atoms with E-state index in [9.17, 15) is 5.11 Å². The second-order valence-electron chi connectivity index (χ2n) is 5.32. The highest BCUT2D eigenvalue weighted by Gasteiger charge is 2.10. The van der Waals surface area contributed by atoms with E-state index in [2.05, 4.69) is 20.5 Å². The van der Waals surface area contributed by atoms with Crippen molar-refractivity contribution in [2.45, 2.75) is 13.8 Å². The molecule has 5 nitrogen and oxygen atoms in total. The number of aromatic nitrogens is 1. The molecule has 0 atom stereocenters. The average molecular weight is 324 g/mol. The predicted molar refractivity (Wildman–Crippen MR) is 96.6 cm³/mol. The zero-order valence-electron chi connectivity index (χ0n) is 12.8. The molecule has 1 heterocycles. The van der Waals surface area contributed by atoms with Crippen molar-refractivity contribution in [2.75, 3.05) is 5.32 Å². The van der Waals surface area contributed by atoms with E-state index >= 15 is 0 Å². The number of nitrogens with one attached hydrogen (secondary N) is 2. The van der Waals surface area contributed by atoms with Gasteiger partial charge in [0.25, 0.3) is 0 Å². The van der Waals surface area contributed by atoms with E-state index in [-0.39, 0.29) is 11.0 Å². The SMILES string of the molecule is Cc1ccc2[nH]c(O)c(N=NC(=S)Nc3ccccc3C)c2c1. The molecule has 0 unspecified atom stereocenters. The van der Waals surface area contributed by atoms with Gasteiger partial charge in [-0.2, -0.15) is 0 Å². The molecule has 1 aromatic heterocycles. The lowest BCUT2D eigenvalue weighted by Crippen LogP contribution is -2.06. The molecule has 0 amide bonds. The topological polar surface area (TPSA) is 72.8 Å². The van der Waals surface area contributed by atoms with Gasteiger partial charge in [-0.1, -0.05) is 29.8 Å². The number of nitrogens with zero attached hydrogens (tertiary/aromatic N) is 2. The third-order valence-corrected chi connectivity index (χ3v) is 3.72. The molecule has 3 N–H and O–H groups in total. The Bertz CT molecular complexity index is 914. The third kappa shape index (κ3) is 3.22. The zero-order valence-corrected chi connectivity index (χ0v) is 13.6. The number of fused-ring (bicyclic) bond motifs is 1. The molecule has 3 rings (SSSR count). The summed E-state index contributed by atoms with van der Waals surface area (Å²) in [5.74, 6) is -0.0203. The smallest absolute Gasteiger partial charge is 0.218 e. The van der Waals surface area contributed by atoms with Gasteiger partial charge in [-0.15, -0.1) is 10.2 Å². The van der Waals surface area contributed by atoms with E-state index in [1.54, 1.807) is 0 Å². The van der Waals surface area contributed by atoms with E-state index in [1.165, 1.54) is 0 Å². The van der Waals surface area contributed by atoms with Crippen molar-refractivity contribution in [3.8, 4) is 5.88 Å². The first-order chi connectivity index (χ1) is 11.0. The van der Waals surface area contributed by atoms with Crippen LogP contribution in [0.5, 0.6) is 5.88 Å². The fourth-order valence-corrected chi connectivity index (χ4v) is 2.48. The fraction of sp³-hybridized carbons (Fsp3) is 0.118. The summed E-state index contributed by atoms with van der Waals surface area (Å²) in [5.41, 5.74) is 4.22. The minimum absolute atomic E-state index is 0.0203. The number of H-pyrrole nitrogens is 1. The number of hydrogen-bond acceptors (Lipinski definition) is 3. The van der Waals surface area contributed by atoms with Gasteiger partial charge >= 0.3 is 0 Å². The number of anilines is 1. The van der Waals surface area contributed by atoms with Gasteiger partial charge in [-0.25, -0.2) is 0 Å². The summed E-state index contributed by atoms with van der Waals surface area (Å²) in [4.78, 5) is 2.87. The number of azo groups is 1. The van der Waals surface area contributed by atoms with Crippen molar-refractivity contribution in [1.82, 2.24) is 4.98 Å². The second-order valence-corrected chi connectivity index (χ2v) is 5.70. The van der Waals surface area contributed by atoms with E-state index in [0.717, 1.165) is 27.7 Å². The molecule has 2 aromatic carbocycles. The summed E-state index contributed by atoms with van der Waals surface area (Å²) < 4.78 is 0. The summed E-state index contributed by atoms with van der Waals surface area (Å²) >= 11 is 5.20. The van der Waals surface area contributed by atoms with Crippen LogP contribution in [0.1, 0.15) is 11.1 Å². The highest BCUT2D eigenvalue weighted by molar-refractivity contribution is 7.80. The molecule has 116 valence electrons. The Morgan fingerprint density at radius 2 is 1.96 bits per heavy atom. The number of thiocarbonyl (C=S) groups is 1. The first-order valence-corrected chi connectivity index (χ1v) is 7.55. The number of hydrogen-bond donors (Lipinski definition) is 3. The van der Waals surface area contributed by atoms with Crippen molar-refractivity contribution >= 4 is 39.6 Å². The molecule has 23 heavy (non-hydrogen) atoms. The van der Waals surface area contributed by atoms with E-state index in [1.807, 2.05) is 56.3 Å². The van der Waals surface area contributed by atoms with Crippen molar-refractivity contribution < 1.29 is 5.11 Å². The van der Waals surface area contributed by atoms with Crippen molar-refractivity contribution in [3.63, 3.8) is 0 Å². The van der Waals surface area contributed by atoms with Crippen LogP contribution in [0.25, 0.3) is 10.9 Å². The minimum atomic E-state index is -0.0203. The second kappa shape index (κ2) is 6.18. The van der Waals surface area contributed by atoms with Crippen LogP contribution in [0.4, 0.5) is 11.4 Å². The van der Waals surface area contributed by atoms with Crippen molar-refractivity contribution in [2.24, 2.45) is 10.2 Å². The number of para-hydroxylation sites is 1. The predicted octanol–water partition coefficient (Wildman–Crippen LogP) is 4.97. The number of aromatic amines is 1. The van der Waals surface area contributed by atoms with Crippen LogP contribution in [0.15, 0.2) is 52.7 Å². The lowest BCUT2D eigenvalue weighted by atomic mass is 10.2. The Morgan fingerprint density at radius 1 is 1.17 bits per heavy atom. The van der Waals surface area contributed by atoms with Gasteiger partial charge in [0.1, 0.15) is 0 Å². The first-order valence-electron chi connectivity index (χ1n) is 7.14. The molecule has 0 aliphatic carbocycles. The molecule has 6 heteroatoms. The van der Waals surface area contributed by atoms with Gasteiger partial charge in [0.05, 0.1) is 5.52 Å². The van der Waals surface area contributed by atoms with Crippen LogP contribution in [-0.4, -0.2) is 15.2 Å². The highest BCUT2D eigenvalue weighted by atomic mass is 32.1. The quantitative estimate of drug-likeness (QED) is 0.460. The minimum Gasteiger partial charge on any atom is -0.493 e. The zero-order chi connectivity index (χ0) is 16.4. The molecule has 0 radical (unpaired) electrons. The number of rotatable bonds is 2. The molecule has 0 aliphatic rings. The van der Waals surface area contributed by atoms with Gasteiger partial charge in [-0.3, -0.25) is 0 Å². The molecule has 0 bridgehead atoms.